The van der Waals surface area contributed by atoms with Crippen molar-refractivity contribution in [1.82, 2.24) is 4.90 Å². The van der Waals surface area contributed by atoms with Crippen molar-refractivity contribution in [3.05, 3.63) is 57.7 Å². The minimum atomic E-state index is -1.04. The van der Waals surface area contributed by atoms with Crippen LogP contribution in [0.5, 0.6) is 0 Å². The Morgan fingerprint density at radius 1 is 1.18 bits per heavy atom. The van der Waals surface area contributed by atoms with E-state index in [4.69, 9.17) is 5.11 Å². The predicted octanol–water partition coefficient (Wildman–Crippen LogP) is 3.58. The molecule has 2 aromatic rings. The molecule has 0 spiro atoms. The summed E-state index contributed by atoms with van der Waals surface area (Å²) in [4.78, 5) is 41.8. The number of carboxylic acids is 1. The van der Waals surface area contributed by atoms with Crippen LogP contribution in [0.4, 0.5) is 11.4 Å². The molecule has 2 aromatic carbocycles. The third-order valence-corrected chi connectivity index (χ3v) is 5.97. The van der Waals surface area contributed by atoms with Gasteiger partial charge in [-0.3, -0.25) is 14.5 Å². The molecule has 28 heavy (non-hydrogen) atoms. The van der Waals surface area contributed by atoms with Crippen LogP contribution in [0.3, 0.4) is 0 Å². The number of nitrogens with zero attached hydrogens (tertiary/aromatic N) is 2. The molecule has 0 unspecified atom stereocenters. The Morgan fingerprint density at radius 2 is 1.82 bits per heavy atom. The van der Waals surface area contributed by atoms with Crippen molar-refractivity contribution in [3.8, 4) is 0 Å². The fourth-order valence-electron chi connectivity index (χ4n) is 2.44. The maximum atomic E-state index is 12.6. The van der Waals surface area contributed by atoms with Crippen LogP contribution in [-0.4, -0.2) is 45.3 Å². The van der Waals surface area contributed by atoms with Gasteiger partial charge < -0.3 is 10.4 Å². The molecule has 1 fully saturated rings. The second-order valence-corrected chi connectivity index (χ2v) is 8.42. The van der Waals surface area contributed by atoms with Crippen LogP contribution >= 0.6 is 34.4 Å². The number of hydrogen-bond donors (Lipinski definition) is 2. The number of carbonyl (C=O) groups is 3. The van der Waals surface area contributed by atoms with Crippen molar-refractivity contribution in [2.75, 3.05) is 12.4 Å². The average Bonchev–Trinajstić information content (AvgIpc) is 2.67. The van der Waals surface area contributed by atoms with Gasteiger partial charge in [0.05, 0.1) is 11.3 Å². The summed E-state index contributed by atoms with van der Waals surface area (Å²) < 4.78 is 1.08. The van der Waals surface area contributed by atoms with Gasteiger partial charge in [-0.15, -0.1) is 0 Å². The number of amidine groups is 1. The van der Waals surface area contributed by atoms with E-state index in [1.54, 1.807) is 7.05 Å². The summed E-state index contributed by atoms with van der Waals surface area (Å²) in [6, 6.07) is 13.4. The zero-order valence-corrected chi connectivity index (χ0v) is 17.7. The van der Waals surface area contributed by atoms with Crippen molar-refractivity contribution >= 4 is 68.7 Å². The Balaban J connectivity index is 1.74. The number of amides is 2. The highest BCUT2D eigenvalue weighted by Crippen LogP contribution is 2.29. The Kier molecular flexibility index (Phi) is 6.35. The summed E-state index contributed by atoms with van der Waals surface area (Å²) in [5.41, 5.74) is 1.31. The quantitative estimate of drug-likeness (QED) is 0.615. The maximum absolute atomic E-state index is 12.6. The van der Waals surface area contributed by atoms with Gasteiger partial charge in [0.15, 0.2) is 5.17 Å². The van der Waals surface area contributed by atoms with Gasteiger partial charge in [-0.1, -0.05) is 11.8 Å². The van der Waals surface area contributed by atoms with Crippen LogP contribution in [0.15, 0.2) is 53.5 Å². The van der Waals surface area contributed by atoms with E-state index in [1.165, 1.54) is 40.9 Å². The molecule has 1 saturated heterocycles. The van der Waals surface area contributed by atoms with E-state index in [1.807, 2.05) is 24.3 Å². The minimum absolute atomic E-state index is 0.0614. The molecule has 3 rings (SSSR count). The first-order chi connectivity index (χ1) is 13.3. The van der Waals surface area contributed by atoms with Gasteiger partial charge >= 0.3 is 5.97 Å². The lowest BCUT2D eigenvalue weighted by Gasteiger charge is -2.28. The second kappa shape index (κ2) is 8.74. The SMILES string of the molecule is CN1C(=O)C[C@H](C(=O)Nc2ccc(C(=O)O)cc2)SC1=Nc1ccc(I)cc1. The minimum Gasteiger partial charge on any atom is -0.478 e. The van der Waals surface area contributed by atoms with Crippen LogP contribution in [0.2, 0.25) is 0 Å². The second-order valence-electron chi connectivity index (χ2n) is 6.01. The summed E-state index contributed by atoms with van der Waals surface area (Å²) >= 11 is 3.42. The predicted molar refractivity (Wildman–Crippen MR) is 117 cm³/mol. The summed E-state index contributed by atoms with van der Waals surface area (Å²) in [6.07, 6.45) is 0.0614. The van der Waals surface area contributed by atoms with E-state index in [9.17, 15) is 14.4 Å². The van der Waals surface area contributed by atoms with E-state index < -0.39 is 11.2 Å². The standard InChI is InChI=1S/C19H16IN3O4S/c1-23-16(24)10-15(28-19(23)22-14-8-4-12(20)5-9-14)17(25)21-13-6-2-11(3-7-13)18(26)27/h2-9,15H,10H2,1H3,(H,21,25)(H,26,27)/t15-/m1/s1. The Bertz CT molecular complexity index is 945. The monoisotopic (exact) mass is 509 g/mol. The molecule has 1 atom stereocenters. The first kappa shape index (κ1) is 20.3. The normalized spacial score (nSPS) is 18.2. The van der Waals surface area contributed by atoms with E-state index in [-0.39, 0.29) is 23.8 Å². The van der Waals surface area contributed by atoms with Gasteiger partial charge in [0, 0.05) is 22.7 Å². The van der Waals surface area contributed by atoms with Gasteiger partial charge in [0.25, 0.3) is 0 Å². The van der Waals surface area contributed by atoms with Gasteiger partial charge in [-0.25, -0.2) is 9.79 Å². The number of aromatic carboxylic acids is 1. The Labute approximate surface area is 179 Å². The molecule has 0 radical (unpaired) electrons. The molecule has 1 heterocycles. The van der Waals surface area contributed by atoms with Gasteiger partial charge in [0.1, 0.15) is 5.25 Å². The van der Waals surface area contributed by atoms with E-state index >= 15 is 0 Å². The molecule has 1 aliphatic rings. The van der Waals surface area contributed by atoms with Crippen molar-refractivity contribution in [3.63, 3.8) is 0 Å². The topological polar surface area (TPSA) is 99.1 Å². The summed E-state index contributed by atoms with van der Waals surface area (Å²) in [5.74, 6) is -1.56. The molecule has 2 N–H and O–H groups in total. The lowest BCUT2D eigenvalue weighted by molar-refractivity contribution is -0.128. The number of carbonyl (C=O) groups excluding carboxylic acids is 2. The number of carboxylic acid groups (broad SMARTS) is 1. The van der Waals surface area contributed by atoms with Gasteiger partial charge in [-0.2, -0.15) is 0 Å². The molecule has 7 nitrogen and oxygen atoms in total. The third kappa shape index (κ3) is 4.90. The van der Waals surface area contributed by atoms with Gasteiger partial charge in [-0.05, 0) is 71.1 Å². The first-order valence-corrected chi connectivity index (χ1v) is 10.2. The highest BCUT2D eigenvalue weighted by Gasteiger charge is 2.34. The van der Waals surface area contributed by atoms with Gasteiger partial charge in [0.2, 0.25) is 11.8 Å². The molecule has 9 heteroatoms. The number of halogens is 1. The third-order valence-electron chi connectivity index (χ3n) is 4.01. The number of thioether (sulfide) groups is 1. The van der Waals surface area contributed by atoms with Crippen molar-refractivity contribution < 1.29 is 19.5 Å². The van der Waals surface area contributed by atoms with E-state index in [0.29, 0.717) is 16.5 Å². The first-order valence-electron chi connectivity index (χ1n) is 8.25. The summed E-state index contributed by atoms with van der Waals surface area (Å²) in [6.45, 7) is 0. The highest BCUT2D eigenvalue weighted by molar-refractivity contribution is 14.1. The zero-order chi connectivity index (χ0) is 20.3. The highest BCUT2D eigenvalue weighted by atomic mass is 127. The van der Waals surface area contributed by atoms with Crippen LogP contribution in [0, 0.1) is 3.57 Å². The Hall–Kier alpha value is -2.40. The fraction of sp³-hybridized carbons (Fsp3) is 0.158. The molecule has 0 aliphatic carbocycles. The van der Waals surface area contributed by atoms with Crippen LogP contribution in [0.1, 0.15) is 16.8 Å². The summed E-state index contributed by atoms with van der Waals surface area (Å²) in [7, 11) is 1.64. The lowest BCUT2D eigenvalue weighted by Crippen LogP contribution is -2.43. The van der Waals surface area contributed by atoms with Crippen LogP contribution in [0.25, 0.3) is 0 Å². The largest absolute Gasteiger partial charge is 0.478 e. The molecule has 2 amide bonds. The zero-order valence-electron chi connectivity index (χ0n) is 14.8. The van der Waals surface area contributed by atoms with Crippen molar-refractivity contribution in [2.24, 2.45) is 4.99 Å². The molecular weight excluding hydrogens is 493 g/mol. The van der Waals surface area contributed by atoms with E-state index in [0.717, 1.165) is 3.57 Å². The molecular formula is C19H16IN3O4S. The number of nitrogens with one attached hydrogen (secondary N) is 1. The number of hydrogen-bond acceptors (Lipinski definition) is 5. The molecule has 0 aromatic heterocycles. The number of anilines is 1. The molecule has 144 valence electrons. The number of benzene rings is 2. The maximum Gasteiger partial charge on any atom is 0.335 e. The van der Waals surface area contributed by atoms with Crippen LogP contribution in [-0.2, 0) is 9.59 Å². The molecule has 0 saturated carbocycles. The lowest BCUT2D eigenvalue weighted by atomic mass is 10.2. The smallest absolute Gasteiger partial charge is 0.335 e. The molecule has 0 bridgehead atoms. The van der Waals surface area contributed by atoms with Crippen molar-refractivity contribution in [2.45, 2.75) is 11.7 Å². The number of rotatable bonds is 4. The van der Waals surface area contributed by atoms with Crippen LogP contribution < -0.4 is 5.32 Å². The van der Waals surface area contributed by atoms with Crippen molar-refractivity contribution in [1.29, 1.82) is 0 Å². The average molecular weight is 509 g/mol. The number of aliphatic imine (C=N–C) groups is 1. The Morgan fingerprint density at radius 3 is 2.43 bits per heavy atom. The fourth-order valence-corrected chi connectivity index (χ4v) is 3.87. The van der Waals surface area contributed by atoms with E-state index in [2.05, 4.69) is 32.9 Å². The molecule has 1 aliphatic heterocycles. The summed E-state index contributed by atoms with van der Waals surface area (Å²) in [5, 5.41) is 11.5.